The number of halogens is 1. The topological polar surface area (TPSA) is 0 Å². The van der Waals surface area contributed by atoms with Crippen molar-refractivity contribution < 1.29 is 0 Å². The lowest BCUT2D eigenvalue weighted by Gasteiger charge is -2.05. The first-order valence-electron chi connectivity index (χ1n) is 4.25. The molecule has 68 valence electrons. The number of hydrogen-bond acceptors (Lipinski definition) is 0. The van der Waals surface area contributed by atoms with E-state index in [0.29, 0.717) is 0 Å². The van der Waals surface area contributed by atoms with E-state index in [1.807, 2.05) is 36.4 Å². The zero-order valence-electron chi connectivity index (χ0n) is 8.05. The van der Waals surface area contributed by atoms with Crippen LogP contribution in [-0.4, -0.2) is 7.38 Å². The highest BCUT2D eigenvalue weighted by molar-refractivity contribution is 7.19. The Morgan fingerprint density at radius 1 is 0.917 bits per heavy atom. The van der Waals surface area contributed by atoms with E-state index in [0.717, 1.165) is 0 Å². The average Bonchev–Trinajstić information content (AvgIpc) is 2.07. The predicted octanol–water partition coefficient (Wildman–Crippen LogP) is 4.14. The summed E-state index contributed by atoms with van der Waals surface area (Å²) in [5, 5.41) is 0. The highest BCUT2D eigenvalue weighted by Gasteiger charge is 2.11. The van der Waals surface area contributed by atoms with E-state index in [9.17, 15) is 0 Å². The maximum absolute atomic E-state index is 5.86. The Hall–Kier alpha value is -0.273. The Kier molecular flexibility index (Phi) is 6.12. The molecule has 0 aromatic heterocycles. The van der Waals surface area contributed by atoms with E-state index in [-0.39, 0.29) is 0 Å². The molecule has 0 atom stereocenters. The monoisotopic (exact) mass is 200 g/mol. The van der Waals surface area contributed by atoms with E-state index in [4.69, 9.17) is 11.1 Å². The van der Waals surface area contributed by atoms with Gasteiger partial charge in [0.1, 0.15) is 7.38 Å². The van der Waals surface area contributed by atoms with Gasteiger partial charge < -0.3 is 0 Å². The third kappa shape index (κ3) is 9.73. The minimum atomic E-state index is -1.16. The molecule has 0 aliphatic carbocycles. The molecule has 0 unspecified atom stereocenters. The summed E-state index contributed by atoms with van der Waals surface area (Å²) in [6.07, 6.45) is 0. The molecule has 1 aromatic rings. The van der Waals surface area contributed by atoms with Crippen LogP contribution in [0.3, 0.4) is 0 Å². The molecule has 1 aromatic carbocycles. The minimum absolute atomic E-state index is 1.16. The number of rotatable bonds is 1. The molecule has 0 amide bonds. The quantitative estimate of drug-likeness (QED) is 0.472. The Bertz CT molecular complexity index is 152. The molecule has 0 N–H and O–H groups in total. The molecular formula is C10H17ClSi. The van der Waals surface area contributed by atoms with Crippen molar-refractivity contribution in [3.05, 3.63) is 36.4 Å². The van der Waals surface area contributed by atoms with E-state index >= 15 is 0 Å². The summed E-state index contributed by atoms with van der Waals surface area (Å²) >= 11 is 5.86. The fraction of sp³-hybridized carbons (Fsp3) is 0.400. The maximum atomic E-state index is 5.86. The van der Waals surface area contributed by atoms with Gasteiger partial charge >= 0.3 is 0 Å². The molecule has 0 bridgehead atoms. The van der Waals surface area contributed by atoms with Crippen molar-refractivity contribution in [1.82, 2.24) is 0 Å². The second-order valence-electron chi connectivity index (χ2n) is 3.23. The highest BCUT2D eigenvalue weighted by atomic mass is 35.6. The predicted molar refractivity (Wildman–Crippen MR) is 60.3 cm³/mol. The van der Waals surface area contributed by atoms with Crippen molar-refractivity contribution in [3.63, 3.8) is 0 Å². The van der Waals surface area contributed by atoms with Gasteiger partial charge in [-0.3, -0.25) is 0 Å². The van der Waals surface area contributed by atoms with E-state index in [2.05, 4.69) is 20.0 Å². The van der Waals surface area contributed by atoms with Crippen LogP contribution in [0.25, 0.3) is 0 Å². The molecule has 0 saturated carbocycles. The van der Waals surface area contributed by atoms with Gasteiger partial charge in [-0.2, -0.15) is 11.1 Å². The molecule has 0 spiro atoms. The molecule has 2 heteroatoms. The Labute approximate surface area is 81.3 Å². The lowest BCUT2D eigenvalue weighted by Crippen LogP contribution is -2.12. The van der Waals surface area contributed by atoms with E-state index < -0.39 is 7.38 Å². The van der Waals surface area contributed by atoms with Crippen LogP contribution in [0.2, 0.25) is 19.1 Å². The van der Waals surface area contributed by atoms with E-state index in [1.54, 1.807) is 0 Å². The summed E-state index contributed by atoms with van der Waals surface area (Å²) in [6.45, 7) is 6.43. The summed E-state index contributed by atoms with van der Waals surface area (Å²) in [6, 6.07) is 13.2. The fourth-order valence-electron chi connectivity index (χ4n) is 0.385. The van der Waals surface area contributed by atoms with Gasteiger partial charge in [-0.15, -0.1) is 0 Å². The van der Waals surface area contributed by atoms with Crippen molar-refractivity contribution in [3.8, 4) is 0 Å². The summed E-state index contributed by atoms with van der Waals surface area (Å²) in [7, 11) is -1.16. The fourth-order valence-corrected chi connectivity index (χ4v) is 0.385. The highest BCUT2D eigenvalue weighted by Crippen LogP contribution is 2.11. The van der Waals surface area contributed by atoms with Gasteiger partial charge in [0.25, 0.3) is 0 Å². The third-order valence-electron chi connectivity index (χ3n) is 1.51. The lowest BCUT2D eigenvalue weighted by atomic mass is 10.4. The van der Waals surface area contributed by atoms with Gasteiger partial charge in [-0.1, -0.05) is 56.4 Å². The van der Waals surface area contributed by atoms with Gasteiger partial charge in [-0.25, -0.2) is 0 Å². The van der Waals surface area contributed by atoms with Crippen LogP contribution >= 0.6 is 11.1 Å². The van der Waals surface area contributed by atoms with Crippen LogP contribution in [-0.2, 0) is 0 Å². The first-order valence-corrected chi connectivity index (χ1v) is 8.47. The van der Waals surface area contributed by atoms with Gasteiger partial charge in [-0.05, 0) is 6.04 Å². The SMILES string of the molecule is CC[Si](C)(C)Cl.c1ccccc1. The van der Waals surface area contributed by atoms with Crippen molar-refractivity contribution >= 4 is 18.5 Å². The maximum Gasteiger partial charge on any atom is 0.150 e. The zero-order chi connectivity index (χ0) is 9.45. The largest absolute Gasteiger partial charge is 0.168 e. The molecule has 0 aliphatic heterocycles. The van der Waals surface area contributed by atoms with Crippen LogP contribution in [0.5, 0.6) is 0 Å². The standard InChI is InChI=1S/C6H6.C4H11ClSi/c1-2-4-6-5-3-1;1-4-6(2,3)5/h1-6H;4H2,1-3H3. The van der Waals surface area contributed by atoms with E-state index in [1.165, 1.54) is 6.04 Å². The van der Waals surface area contributed by atoms with Crippen LogP contribution in [0.1, 0.15) is 6.92 Å². The van der Waals surface area contributed by atoms with Gasteiger partial charge in [0.15, 0.2) is 0 Å². The lowest BCUT2D eigenvalue weighted by molar-refractivity contribution is 1.40. The molecule has 0 radical (unpaired) electrons. The third-order valence-corrected chi connectivity index (χ3v) is 3.99. The molecule has 1 rings (SSSR count). The Morgan fingerprint density at radius 3 is 1.17 bits per heavy atom. The Morgan fingerprint density at radius 2 is 1.08 bits per heavy atom. The van der Waals surface area contributed by atoms with Crippen LogP contribution in [0.4, 0.5) is 0 Å². The van der Waals surface area contributed by atoms with Gasteiger partial charge in [0, 0.05) is 0 Å². The second kappa shape index (κ2) is 6.27. The molecule has 12 heavy (non-hydrogen) atoms. The summed E-state index contributed by atoms with van der Waals surface area (Å²) in [4.78, 5) is 0. The van der Waals surface area contributed by atoms with Crippen molar-refractivity contribution in [2.75, 3.05) is 0 Å². The molecule has 0 saturated heterocycles. The van der Waals surface area contributed by atoms with Crippen molar-refractivity contribution in [2.45, 2.75) is 26.1 Å². The first kappa shape index (κ1) is 11.7. The van der Waals surface area contributed by atoms with Crippen molar-refractivity contribution in [2.24, 2.45) is 0 Å². The molecule has 0 nitrogen and oxygen atoms in total. The number of benzene rings is 1. The summed E-state index contributed by atoms with van der Waals surface area (Å²) in [5.41, 5.74) is 0. The van der Waals surface area contributed by atoms with Crippen LogP contribution in [0, 0.1) is 0 Å². The molecule has 0 heterocycles. The zero-order valence-corrected chi connectivity index (χ0v) is 9.81. The molecule has 0 aliphatic rings. The Balaban J connectivity index is 0.000000202. The minimum Gasteiger partial charge on any atom is -0.168 e. The van der Waals surface area contributed by atoms with Gasteiger partial charge in [0.05, 0.1) is 0 Å². The summed E-state index contributed by atoms with van der Waals surface area (Å²) < 4.78 is 0. The van der Waals surface area contributed by atoms with Crippen LogP contribution in [0.15, 0.2) is 36.4 Å². The second-order valence-corrected chi connectivity index (χ2v) is 10.4. The smallest absolute Gasteiger partial charge is 0.150 e. The average molecular weight is 201 g/mol. The van der Waals surface area contributed by atoms with Crippen LogP contribution < -0.4 is 0 Å². The normalized spacial score (nSPS) is 10.0. The number of hydrogen-bond donors (Lipinski definition) is 0. The first-order chi connectivity index (χ1) is 5.56. The van der Waals surface area contributed by atoms with Crippen molar-refractivity contribution in [1.29, 1.82) is 0 Å². The molecule has 0 fully saturated rings. The summed E-state index contributed by atoms with van der Waals surface area (Å²) in [5.74, 6) is 0. The molecular weight excluding hydrogens is 184 g/mol. The van der Waals surface area contributed by atoms with Gasteiger partial charge in [0.2, 0.25) is 0 Å².